The Morgan fingerprint density at radius 2 is 1.74 bits per heavy atom. The lowest BCUT2D eigenvalue weighted by molar-refractivity contribution is -0.00940. The molecule has 1 rings (SSSR count). The summed E-state index contributed by atoms with van der Waals surface area (Å²) < 4.78 is 7.01. The zero-order valence-corrected chi connectivity index (χ0v) is 16.4. The lowest BCUT2D eigenvalue weighted by atomic mass is 9.82. The third-order valence-electron chi connectivity index (χ3n) is 3.06. The predicted molar refractivity (Wildman–Crippen MR) is 93.7 cm³/mol. The maximum Gasteiger partial charge on any atom is 0.0598 e. The number of hydrogen-bond acceptors (Lipinski definition) is 1. The van der Waals surface area contributed by atoms with Crippen molar-refractivity contribution in [2.24, 2.45) is 0 Å². The molecular weight excluding hydrogens is 436 g/mol. The fourth-order valence-electron chi connectivity index (χ4n) is 1.84. The summed E-state index contributed by atoms with van der Waals surface area (Å²) >= 11 is 10.9. The van der Waals surface area contributed by atoms with Crippen LogP contribution in [-0.2, 0) is 10.2 Å². The summed E-state index contributed by atoms with van der Waals surface area (Å²) in [6.45, 7) is 7.04. The highest BCUT2D eigenvalue weighted by Crippen LogP contribution is 2.34. The van der Waals surface area contributed by atoms with E-state index in [0.29, 0.717) is 0 Å². The van der Waals surface area contributed by atoms with E-state index in [0.717, 1.165) is 28.2 Å². The van der Waals surface area contributed by atoms with Crippen LogP contribution >= 0.6 is 47.8 Å². The number of ether oxygens (including phenoxy) is 1. The number of benzene rings is 1. The van der Waals surface area contributed by atoms with Crippen molar-refractivity contribution in [3.8, 4) is 0 Å². The minimum absolute atomic E-state index is 0.0645. The fourth-order valence-corrected chi connectivity index (χ4v) is 4.37. The zero-order chi connectivity index (χ0) is 14.5. The first-order valence-electron chi connectivity index (χ1n) is 6.35. The zero-order valence-electron chi connectivity index (χ0n) is 11.7. The normalized spacial score (nSPS) is 12.7. The molecule has 0 fully saturated rings. The van der Waals surface area contributed by atoms with Gasteiger partial charge in [-0.15, -0.1) is 0 Å². The summed E-state index contributed by atoms with van der Waals surface area (Å²) in [7, 11) is 0. The Labute approximate surface area is 141 Å². The lowest BCUT2D eigenvalue weighted by Gasteiger charge is -2.32. The van der Waals surface area contributed by atoms with Crippen molar-refractivity contribution in [3.63, 3.8) is 0 Å². The van der Waals surface area contributed by atoms with Crippen LogP contribution in [0.5, 0.6) is 0 Å². The van der Waals surface area contributed by atoms with Crippen LogP contribution in [0.25, 0.3) is 0 Å². The summed E-state index contributed by atoms with van der Waals surface area (Å²) in [6.07, 6.45) is 0.983. The van der Waals surface area contributed by atoms with Crippen LogP contribution in [0.1, 0.15) is 32.8 Å². The van der Waals surface area contributed by atoms with Crippen molar-refractivity contribution >= 4 is 47.8 Å². The average Bonchev–Trinajstić information content (AvgIpc) is 2.34. The van der Waals surface area contributed by atoms with Gasteiger partial charge in [-0.2, -0.15) is 0 Å². The Hall–Kier alpha value is 0.620. The molecule has 1 nitrogen and oxygen atoms in total. The lowest BCUT2D eigenvalue weighted by Crippen LogP contribution is -2.33. The third-order valence-corrected chi connectivity index (χ3v) is 5.70. The molecule has 1 aromatic carbocycles. The first-order chi connectivity index (χ1) is 8.83. The van der Waals surface area contributed by atoms with E-state index in [-0.39, 0.29) is 11.0 Å². The first kappa shape index (κ1) is 17.7. The van der Waals surface area contributed by atoms with Gasteiger partial charge in [-0.05, 0) is 44.9 Å². The Bertz CT molecular complexity index is 395. The minimum Gasteiger partial charge on any atom is -0.376 e. The molecule has 0 saturated carbocycles. The van der Waals surface area contributed by atoms with Crippen LogP contribution in [0.2, 0.25) is 0 Å². The standard InChI is InChI=1S/C15H21Br3O/c1-14(2,3)19-8-7-15(10-16,11-17)12-5-4-6-13(18)9-12/h4-6,9H,7-8,10-11H2,1-3H3. The Kier molecular flexibility index (Phi) is 7.05. The monoisotopic (exact) mass is 454 g/mol. The third kappa shape index (κ3) is 5.49. The highest BCUT2D eigenvalue weighted by atomic mass is 79.9. The maximum atomic E-state index is 5.89. The van der Waals surface area contributed by atoms with Crippen LogP contribution in [0, 0.1) is 0 Å². The van der Waals surface area contributed by atoms with Gasteiger partial charge in [-0.25, -0.2) is 0 Å². The summed E-state index contributed by atoms with van der Waals surface area (Å²) in [6, 6.07) is 8.52. The molecule has 1 aromatic rings. The average molecular weight is 457 g/mol. The van der Waals surface area contributed by atoms with Gasteiger partial charge in [-0.1, -0.05) is 59.9 Å². The predicted octanol–water partition coefficient (Wildman–Crippen LogP) is 5.68. The molecule has 4 heteroatoms. The molecule has 0 atom stereocenters. The van der Waals surface area contributed by atoms with E-state index in [1.54, 1.807) is 0 Å². The van der Waals surface area contributed by atoms with Gasteiger partial charge >= 0.3 is 0 Å². The highest BCUT2D eigenvalue weighted by molar-refractivity contribution is 9.10. The van der Waals surface area contributed by atoms with Crippen molar-refractivity contribution in [3.05, 3.63) is 34.3 Å². The molecule has 0 radical (unpaired) electrons. The minimum atomic E-state index is -0.0817. The van der Waals surface area contributed by atoms with E-state index in [4.69, 9.17) is 4.74 Å². The summed E-state index contributed by atoms with van der Waals surface area (Å²) in [4.78, 5) is 0. The molecule has 0 bridgehead atoms. The maximum absolute atomic E-state index is 5.89. The molecule has 0 spiro atoms. The largest absolute Gasteiger partial charge is 0.376 e. The highest BCUT2D eigenvalue weighted by Gasteiger charge is 2.30. The number of rotatable bonds is 6. The number of hydrogen-bond donors (Lipinski definition) is 0. The number of alkyl halides is 2. The van der Waals surface area contributed by atoms with E-state index in [1.807, 2.05) is 0 Å². The van der Waals surface area contributed by atoms with Crippen LogP contribution in [-0.4, -0.2) is 22.9 Å². The second-order valence-corrected chi connectivity index (χ2v) is 7.81. The topological polar surface area (TPSA) is 9.23 Å². The van der Waals surface area contributed by atoms with Crippen molar-refractivity contribution in [1.82, 2.24) is 0 Å². The van der Waals surface area contributed by atoms with Crippen LogP contribution in [0.4, 0.5) is 0 Å². The van der Waals surface area contributed by atoms with Gasteiger partial charge < -0.3 is 4.74 Å². The van der Waals surface area contributed by atoms with Gasteiger partial charge in [0.15, 0.2) is 0 Å². The van der Waals surface area contributed by atoms with Gasteiger partial charge in [0.25, 0.3) is 0 Å². The molecule has 0 aromatic heterocycles. The molecule has 0 aliphatic heterocycles. The van der Waals surface area contributed by atoms with E-state index >= 15 is 0 Å². The van der Waals surface area contributed by atoms with Crippen LogP contribution in [0.3, 0.4) is 0 Å². The molecule has 0 heterocycles. The van der Waals surface area contributed by atoms with E-state index in [9.17, 15) is 0 Å². The van der Waals surface area contributed by atoms with Gasteiger partial charge in [0.1, 0.15) is 0 Å². The molecule has 0 unspecified atom stereocenters. The molecule has 0 N–H and O–H groups in total. The second kappa shape index (κ2) is 7.58. The SMILES string of the molecule is CC(C)(C)OCCC(CBr)(CBr)c1cccc(Br)c1. The van der Waals surface area contributed by atoms with Crippen molar-refractivity contribution in [2.75, 3.05) is 17.3 Å². The summed E-state index contributed by atoms with van der Waals surface area (Å²) in [5, 5.41) is 1.82. The first-order valence-corrected chi connectivity index (χ1v) is 9.38. The van der Waals surface area contributed by atoms with Crippen LogP contribution in [0.15, 0.2) is 28.7 Å². The number of halogens is 3. The summed E-state index contributed by atoms with van der Waals surface area (Å²) in [5.74, 6) is 0. The van der Waals surface area contributed by atoms with Gasteiger partial charge in [0, 0.05) is 27.2 Å². The molecule has 108 valence electrons. The molecule has 0 saturated heterocycles. The van der Waals surface area contributed by atoms with Crippen molar-refractivity contribution < 1.29 is 4.74 Å². The molecular formula is C15H21Br3O. The molecule has 19 heavy (non-hydrogen) atoms. The van der Waals surface area contributed by atoms with Gasteiger partial charge in [0.05, 0.1) is 5.60 Å². The van der Waals surface area contributed by atoms with Crippen molar-refractivity contribution in [1.29, 1.82) is 0 Å². The fraction of sp³-hybridized carbons (Fsp3) is 0.600. The molecule has 0 aliphatic carbocycles. The van der Waals surface area contributed by atoms with Gasteiger partial charge in [0.2, 0.25) is 0 Å². The van der Waals surface area contributed by atoms with Crippen LogP contribution < -0.4 is 0 Å². The summed E-state index contributed by atoms with van der Waals surface area (Å²) in [5.41, 5.74) is 1.31. The van der Waals surface area contributed by atoms with Crippen molar-refractivity contribution in [2.45, 2.75) is 38.2 Å². The Morgan fingerprint density at radius 1 is 1.11 bits per heavy atom. The smallest absolute Gasteiger partial charge is 0.0598 e. The van der Waals surface area contributed by atoms with E-state index in [2.05, 4.69) is 92.8 Å². The quantitative estimate of drug-likeness (QED) is 0.500. The molecule has 0 aliphatic rings. The Balaban J connectivity index is 2.85. The second-order valence-electron chi connectivity index (χ2n) is 5.77. The molecule has 0 amide bonds. The van der Waals surface area contributed by atoms with E-state index in [1.165, 1.54) is 5.56 Å². The Morgan fingerprint density at radius 3 is 2.21 bits per heavy atom. The van der Waals surface area contributed by atoms with E-state index < -0.39 is 0 Å². The van der Waals surface area contributed by atoms with Gasteiger partial charge in [-0.3, -0.25) is 0 Å².